The topological polar surface area (TPSA) is 85.2 Å². The number of anilines is 1. The number of benzene rings is 1. The van der Waals surface area contributed by atoms with Gasteiger partial charge in [-0.15, -0.1) is 0 Å². The van der Waals surface area contributed by atoms with Crippen LogP contribution in [0.3, 0.4) is 0 Å². The Morgan fingerprint density at radius 1 is 1.21 bits per heavy atom. The summed E-state index contributed by atoms with van der Waals surface area (Å²) >= 11 is 0. The van der Waals surface area contributed by atoms with Gasteiger partial charge in [-0.3, -0.25) is 13.7 Å². The van der Waals surface area contributed by atoms with Gasteiger partial charge in [0.2, 0.25) is 10.0 Å². The van der Waals surface area contributed by atoms with Crippen molar-refractivity contribution in [3.05, 3.63) is 47.9 Å². The van der Waals surface area contributed by atoms with Crippen molar-refractivity contribution in [1.82, 2.24) is 14.5 Å². The average molecular weight is 342 g/mol. The van der Waals surface area contributed by atoms with Gasteiger partial charge in [0, 0.05) is 12.2 Å². The highest BCUT2D eigenvalue weighted by Crippen LogP contribution is 2.32. The van der Waals surface area contributed by atoms with Gasteiger partial charge in [-0.2, -0.15) is 0 Å². The first-order valence-corrected chi connectivity index (χ1v) is 9.22. The van der Waals surface area contributed by atoms with Crippen molar-refractivity contribution in [2.75, 3.05) is 17.1 Å². The quantitative estimate of drug-likeness (QED) is 0.674. The molecule has 24 heavy (non-hydrogen) atoms. The summed E-state index contributed by atoms with van der Waals surface area (Å²) in [4.78, 5) is 19.5. The predicted molar refractivity (Wildman–Crippen MR) is 90.1 cm³/mol. The van der Waals surface area contributed by atoms with Crippen LogP contribution in [0.15, 0.2) is 36.7 Å². The zero-order chi connectivity index (χ0) is 16.9. The van der Waals surface area contributed by atoms with Gasteiger partial charge in [-0.05, 0) is 42.3 Å². The monoisotopic (exact) mass is 342 g/mol. The first kappa shape index (κ1) is 14.8. The van der Waals surface area contributed by atoms with Crippen LogP contribution >= 0.6 is 0 Å². The molecule has 8 heteroatoms. The number of pyridine rings is 1. The number of aldehydes is 1. The molecule has 0 spiro atoms. The smallest absolute Gasteiger partial charge is 0.232 e. The molecule has 0 saturated heterocycles. The Bertz CT molecular complexity index is 1070. The van der Waals surface area contributed by atoms with Crippen LogP contribution in [0.5, 0.6) is 0 Å². The van der Waals surface area contributed by atoms with Crippen LogP contribution in [-0.4, -0.2) is 42.0 Å². The SMILES string of the molecule is CS(=O)(=O)N1CCc2cc(-n3cnc4ccc(C=O)nc43)ccc21. The van der Waals surface area contributed by atoms with Crippen LogP contribution in [0.1, 0.15) is 16.1 Å². The second-order valence-electron chi connectivity index (χ2n) is 5.71. The molecule has 4 rings (SSSR count). The van der Waals surface area contributed by atoms with E-state index >= 15 is 0 Å². The van der Waals surface area contributed by atoms with Gasteiger partial charge in [0.1, 0.15) is 17.5 Å². The van der Waals surface area contributed by atoms with E-state index in [0.29, 0.717) is 41.8 Å². The molecule has 122 valence electrons. The molecule has 1 aliphatic heterocycles. The normalized spacial score (nSPS) is 14.1. The summed E-state index contributed by atoms with van der Waals surface area (Å²) in [6.45, 7) is 0.454. The molecular weight excluding hydrogens is 328 g/mol. The maximum atomic E-state index is 11.8. The fraction of sp³-hybridized carbons (Fsp3) is 0.188. The number of hydrogen-bond donors (Lipinski definition) is 0. The lowest BCUT2D eigenvalue weighted by Crippen LogP contribution is -2.27. The van der Waals surface area contributed by atoms with E-state index in [1.165, 1.54) is 10.6 Å². The molecule has 3 heterocycles. The van der Waals surface area contributed by atoms with Gasteiger partial charge in [0.05, 0.1) is 11.9 Å². The van der Waals surface area contributed by atoms with E-state index in [-0.39, 0.29) is 0 Å². The summed E-state index contributed by atoms with van der Waals surface area (Å²) in [5, 5.41) is 0. The number of aromatic nitrogens is 3. The lowest BCUT2D eigenvalue weighted by molar-refractivity contribution is 0.111. The van der Waals surface area contributed by atoms with E-state index in [1.54, 1.807) is 29.1 Å². The number of carbonyl (C=O) groups excluding carboxylic acids is 1. The number of fused-ring (bicyclic) bond motifs is 2. The van der Waals surface area contributed by atoms with Crippen molar-refractivity contribution in [3.8, 4) is 5.69 Å². The molecule has 0 fully saturated rings. The number of nitrogens with zero attached hydrogens (tertiary/aromatic N) is 4. The average Bonchev–Trinajstić information content (AvgIpc) is 3.16. The summed E-state index contributed by atoms with van der Waals surface area (Å²) < 4.78 is 26.9. The van der Waals surface area contributed by atoms with Crippen LogP contribution < -0.4 is 4.31 Å². The lowest BCUT2D eigenvalue weighted by Gasteiger charge is -2.16. The molecule has 0 N–H and O–H groups in total. The fourth-order valence-corrected chi connectivity index (χ4v) is 3.97. The predicted octanol–water partition coefficient (Wildman–Crippen LogP) is 1.56. The minimum absolute atomic E-state index is 0.341. The minimum atomic E-state index is -3.26. The second-order valence-corrected chi connectivity index (χ2v) is 7.62. The van der Waals surface area contributed by atoms with Crippen LogP contribution in [0.25, 0.3) is 16.9 Å². The van der Waals surface area contributed by atoms with E-state index in [0.717, 1.165) is 11.3 Å². The van der Waals surface area contributed by atoms with E-state index in [2.05, 4.69) is 9.97 Å². The second kappa shape index (κ2) is 5.13. The first-order valence-electron chi connectivity index (χ1n) is 7.38. The number of rotatable bonds is 3. The van der Waals surface area contributed by atoms with Gasteiger partial charge in [-0.25, -0.2) is 18.4 Å². The Balaban J connectivity index is 1.83. The first-order chi connectivity index (χ1) is 11.5. The summed E-state index contributed by atoms with van der Waals surface area (Å²) in [6, 6.07) is 8.95. The maximum Gasteiger partial charge on any atom is 0.232 e. The van der Waals surface area contributed by atoms with Gasteiger partial charge < -0.3 is 0 Å². The molecular formula is C16H14N4O3S. The molecule has 3 aromatic rings. The molecule has 2 aromatic heterocycles. The fourth-order valence-electron chi connectivity index (χ4n) is 3.02. The number of sulfonamides is 1. The molecule has 0 saturated carbocycles. The van der Waals surface area contributed by atoms with Crippen molar-refractivity contribution >= 4 is 33.2 Å². The van der Waals surface area contributed by atoms with Gasteiger partial charge >= 0.3 is 0 Å². The molecule has 0 radical (unpaired) electrons. The zero-order valence-electron chi connectivity index (χ0n) is 12.9. The molecule has 0 unspecified atom stereocenters. The summed E-state index contributed by atoms with van der Waals surface area (Å²) in [6.07, 6.45) is 4.22. The summed E-state index contributed by atoms with van der Waals surface area (Å²) in [5.41, 5.74) is 4.14. The largest absolute Gasteiger partial charge is 0.296 e. The molecule has 1 aromatic carbocycles. The Morgan fingerprint density at radius 3 is 2.79 bits per heavy atom. The van der Waals surface area contributed by atoms with Gasteiger partial charge in [0.25, 0.3) is 0 Å². The van der Waals surface area contributed by atoms with Crippen LogP contribution in [0.4, 0.5) is 5.69 Å². The third-order valence-corrected chi connectivity index (χ3v) is 5.31. The van der Waals surface area contributed by atoms with Gasteiger partial charge in [0.15, 0.2) is 11.9 Å². The lowest BCUT2D eigenvalue weighted by atomic mass is 10.1. The van der Waals surface area contributed by atoms with Gasteiger partial charge in [-0.1, -0.05) is 0 Å². The highest BCUT2D eigenvalue weighted by Gasteiger charge is 2.26. The summed E-state index contributed by atoms with van der Waals surface area (Å²) in [7, 11) is -3.26. The van der Waals surface area contributed by atoms with E-state index in [9.17, 15) is 13.2 Å². The van der Waals surface area contributed by atoms with E-state index in [1.807, 2.05) is 12.1 Å². The molecule has 0 aliphatic carbocycles. The highest BCUT2D eigenvalue weighted by molar-refractivity contribution is 7.92. The van der Waals surface area contributed by atoms with Crippen LogP contribution in [0, 0.1) is 0 Å². The third kappa shape index (κ3) is 2.26. The van der Waals surface area contributed by atoms with Crippen molar-refractivity contribution < 1.29 is 13.2 Å². The molecule has 1 aliphatic rings. The van der Waals surface area contributed by atoms with Crippen molar-refractivity contribution in [1.29, 1.82) is 0 Å². The molecule has 7 nitrogen and oxygen atoms in total. The zero-order valence-corrected chi connectivity index (χ0v) is 13.7. The number of hydrogen-bond acceptors (Lipinski definition) is 5. The Kier molecular flexibility index (Phi) is 3.17. The number of carbonyl (C=O) groups is 1. The standard InChI is InChI=1S/C16H14N4O3S/c1-24(22,23)20-7-6-11-8-13(3-5-15(11)20)19-10-17-14-4-2-12(9-21)18-16(14)19/h2-5,8-10H,6-7H2,1H3. The van der Waals surface area contributed by atoms with Crippen LogP contribution in [-0.2, 0) is 16.4 Å². The molecule has 0 atom stereocenters. The highest BCUT2D eigenvalue weighted by atomic mass is 32.2. The van der Waals surface area contributed by atoms with E-state index < -0.39 is 10.0 Å². The van der Waals surface area contributed by atoms with Crippen molar-refractivity contribution in [2.24, 2.45) is 0 Å². The Hall–Kier alpha value is -2.74. The molecule has 0 bridgehead atoms. The van der Waals surface area contributed by atoms with Crippen LogP contribution in [0.2, 0.25) is 0 Å². The molecule has 0 amide bonds. The number of imidazole rings is 1. The summed E-state index contributed by atoms with van der Waals surface area (Å²) in [5.74, 6) is 0. The Labute approximate surface area is 138 Å². The van der Waals surface area contributed by atoms with Crippen molar-refractivity contribution in [2.45, 2.75) is 6.42 Å². The maximum absolute atomic E-state index is 11.8. The Morgan fingerprint density at radius 2 is 2.04 bits per heavy atom. The van der Waals surface area contributed by atoms with E-state index in [4.69, 9.17) is 0 Å². The van der Waals surface area contributed by atoms with Crippen molar-refractivity contribution in [3.63, 3.8) is 0 Å². The third-order valence-electron chi connectivity index (χ3n) is 4.13. The minimum Gasteiger partial charge on any atom is -0.296 e.